The SMILES string of the molecule is Cc1cc(-c2cc(-c3ccccc3)c3cc([N+](=O)[O-])ccc3n2)c(C)o1.Cl. The normalized spacial score (nSPS) is 10.6. The van der Waals surface area contributed by atoms with Crippen molar-refractivity contribution in [3.8, 4) is 22.4 Å². The second-order valence-electron chi connectivity index (χ2n) is 6.21. The summed E-state index contributed by atoms with van der Waals surface area (Å²) in [6.07, 6.45) is 0. The fourth-order valence-corrected chi connectivity index (χ4v) is 3.21. The van der Waals surface area contributed by atoms with Crippen LogP contribution in [0, 0.1) is 24.0 Å². The number of pyridine rings is 1. The van der Waals surface area contributed by atoms with Gasteiger partial charge < -0.3 is 4.42 Å². The number of aryl methyl sites for hydroxylation is 2. The van der Waals surface area contributed by atoms with Crippen LogP contribution in [0.5, 0.6) is 0 Å². The first-order chi connectivity index (χ1) is 12.5. The second-order valence-corrected chi connectivity index (χ2v) is 6.21. The van der Waals surface area contributed by atoms with E-state index in [-0.39, 0.29) is 23.0 Å². The van der Waals surface area contributed by atoms with Gasteiger partial charge in [0.25, 0.3) is 5.69 Å². The molecule has 0 radical (unpaired) electrons. The Morgan fingerprint density at radius 2 is 1.70 bits per heavy atom. The maximum absolute atomic E-state index is 11.2. The minimum Gasteiger partial charge on any atom is -0.466 e. The van der Waals surface area contributed by atoms with E-state index in [9.17, 15) is 10.1 Å². The van der Waals surface area contributed by atoms with Crippen LogP contribution < -0.4 is 0 Å². The second kappa shape index (κ2) is 7.21. The van der Waals surface area contributed by atoms with Gasteiger partial charge in [0, 0.05) is 23.1 Å². The Morgan fingerprint density at radius 1 is 0.963 bits per heavy atom. The quantitative estimate of drug-likeness (QED) is 0.317. The Kier molecular flexibility index (Phi) is 4.97. The number of nitrogens with zero attached hydrogens (tertiary/aromatic N) is 2. The van der Waals surface area contributed by atoms with Gasteiger partial charge in [-0.3, -0.25) is 10.1 Å². The van der Waals surface area contributed by atoms with E-state index in [1.54, 1.807) is 12.1 Å². The molecule has 0 fully saturated rings. The molecule has 0 unspecified atom stereocenters. The molecule has 2 heterocycles. The van der Waals surface area contributed by atoms with Crippen molar-refractivity contribution in [3.63, 3.8) is 0 Å². The van der Waals surface area contributed by atoms with Crippen LogP contribution in [0.25, 0.3) is 33.3 Å². The molecule has 4 rings (SSSR count). The Labute approximate surface area is 162 Å². The number of hydrogen-bond acceptors (Lipinski definition) is 4. The zero-order valence-corrected chi connectivity index (χ0v) is 15.6. The minimum atomic E-state index is -0.383. The van der Waals surface area contributed by atoms with Gasteiger partial charge in [-0.05, 0) is 43.2 Å². The van der Waals surface area contributed by atoms with Gasteiger partial charge in [-0.1, -0.05) is 30.3 Å². The maximum Gasteiger partial charge on any atom is 0.270 e. The van der Waals surface area contributed by atoms with Crippen LogP contribution in [0.1, 0.15) is 11.5 Å². The first-order valence-corrected chi connectivity index (χ1v) is 8.25. The van der Waals surface area contributed by atoms with Gasteiger partial charge in [-0.2, -0.15) is 0 Å². The molecule has 0 atom stereocenters. The van der Waals surface area contributed by atoms with Crippen molar-refractivity contribution in [1.29, 1.82) is 0 Å². The predicted octanol–water partition coefficient (Wildman–Crippen LogP) is 6.11. The lowest BCUT2D eigenvalue weighted by Crippen LogP contribution is -1.93. The van der Waals surface area contributed by atoms with E-state index in [4.69, 9.17) is 9.40 Å². The molecule has 5 nitrogen and oxygen atoms in total. The third kappa shape index (κ3) is 3.41. The van der Waals surface area contributed by atoms with Gasteiger partial charge in [0.05, 0.1) is 16.1 Å². The average Bonchev–Trinajstić information content (AvgIpc) is 2.99. The lowest BCUT2D eigenvalue weighted by atomic mass is 9.98. The fraction of sp³-hybridized carbons (Fsp3) is 0.0952. The zero-order valence-electron chi connectivity index (χ0n) is 14.8. The van der Waals surface area contributed by atoms with Gasteiger partial charge in [0.15, 0.2) is 0 Å². The summed E-state index contributed by atoms with van der Waals surface area (Å²) in [7, 11) is 0. The van der Waals surface area contributed by atoms with E-state index >= 15 is 0 Å². The van der Waals surface area contributed by atoms with E-state index in [0.717, 1.165) is 39.3 Å². The molecule has 0 saturated carbocycles. The number of non-ortho nitro benzene ring substituents is 1. The summed E-state index contributed by atoms with van der Waals surface area (Å²) >= 11 is 0. The molecule has 6 heteroatoms. The molecule has 2 aromatic heterocycles. The van der Waals surface area contributed by atoms with Crippen molar-refractivity contribution in [2.75, 3.05) is 0 Å². The highest BCUT2D eigenvalue weighted by Crippen LogP contribution is 2.35. The van der Waals surface area contributed by atoms with Crippen molar-refractivity contribution in [2.24, 2.45) is 0 Å². The van der Waals surface area contributed by atoms with E-state index in [1.165, 1.54) is 6.07 Å². The highest BCUT2D eigenvalue weighted by molar-refractivity contribution is 5.98. The Hall–Kier alpha value is -3.18. The number of hydrogen-bond donors (Lipinski definition) is 0. The number of rotatable bonds is 3. The van der Waals surface area contributed by atoms with Crippen molar-refractivity contribution >= 4 is 29.0 Å². The van der Waals surface area contributed by atoms with Crippen LogP contribution in [0.3, 0.4) is 0 Å². The van der Waals surface area contributed by atoms with Crippen LogP contribution in [0.15, 0.2) is 65.1 Å². The van der Waals surface area contributed by atoms with Gasteiger partial charge in [-0.15, -0.1) is 12.4 Å². The fourth-order valence-electron chi connectivity index (χ4n) is 3.21. The first-order valence-electron chi connectivity index (χ1n) is 8.25. The molecule has 0 saturated heterocycles. The van der Waals surface area contributed by atoms with Crippen LogP contribution in [0.2, 0.25) is 0 Å². The number of halogens is 1. The summed E-state index contributed by atoms with van der Waals surface area (Å²) in [6.45, 7) is 3.81. The topological polar surface area (TPSA) is 69.2 Å². The van der Waals surface area contributed by atoms with E-state index in [2.05, 4.69) is 0 Å². The molecule has 0 aliphatic carbocycles. The average molecular weight is 381 g/mol. The maximum atomic E-state index is 11.2. The van der Waals surface area contributed by atoms with Crippen molar-refractivity contribution in [3.05, 3.63) is 82.3 Å². The smallest absolute Gasteiger partial charge is 0.270 e. The van der Waals surface area contributed by atoms with E-state index < -0.39 is 0 Å². The number of nitro groups is 1. The third-order valence-corrected chi connectivity index (χ3v) is 4.40. The molecule has 0 bridgehead atoms. The molecule has 0 aliphatic heterocycles. The first kappa shape index (κ1) is 18.6. The molecular weight excluding hydrogens is 364 g/mol. The third-order valence-electron chi connectivity index (χ3n) is 4.40. The molecule has 0 aliphatic rings. The Balaban J connectivity index is 0.00000210. The van der Waals surface area contributed by atoms with Crippen molar-refractivity contribution in [2.45, 2.75) is 13.8 Å². The molecule has 27 heavy (non-hydrogen) atoms. The summed E-state index contributed by atoms with van der Waals surface area (Å²) in [5, 5.41) is 12.0. The number of benzene rings is 2. The van der Waals surface area contributed by atoms with Gasteiger partial charge >= 0.3 is 0 Å². The van der Waals surface area contributed by atoms with Crippen LogP contribution in [-0.4, -0.2) is 9.91 Å². The van der Waals surface area contributed by atoms with Gasteiger partial charge in [-0.25, -0.2) is 4.98 Å². The molecule has 0 amide bonds. The number of aromatic nitrogens is 1. The zero-order chi connectivity index (χ0) is 18.3. The van der Waals surface area contributed by atoms with Crippen molar-refractivity contribution < 1.29 is 9.34 Å². The molecular formula is C21H17ClN2O3. The highest BCUT2D eigenvalue weighted by atomic mass is 35.5. The lowest BCUT2D eigenvalue weighted by molar-refractivity contribution is -0.384. The summed E-state index contributed by atoms with van der Waals surface area (Å²) in [5.41, 5.74) is 4.39. The molecule has 0 N–H and O–H groups in total. The summed E-state index contributed by atoms with van der Waals surface area (Å²) in [4.78, 5) is 15.5. The molecule has 4 aromatic rings. The molecule has 2 aromatic carbocycles. The van der Waals surface area contributed by atoms with Crippen molar-refractivity contribution in [1.82, 2.24) is 4.98 Å². The molecule has 0 spiro atoms. The van der Waals surface area contributed by atoms with Gasteiger partial charge in [0.2, 0.25) is 0 Å². The summed E-state index contributed by atoms with van der Waals surface area (Å²) < 4.78 is 5.65. The van der Waals surface area contributed by atoms with Gasteiger partial charge in [0.1, 0.15) is 11.5 Å². The monoisotopic (exact) mass is 380 g/mol. The number of fused-ring (bicyclic) bond motifs is 1. The van der Waals surface area contributed by atoms with Crippen LogP contribution in [0.4, 0.5) is 5.69 Å². The Morgan fingerprint density at radius 3 is 2.33 bits per heavy atom. The summed E-state index contributed by atoms with van der Waals surface area (Å²) in [5.74, 6) is 1.62. The lowest BCUT2D eigenvalue weighted by Gasteiger charge is -2.10. The van der Waals surface area contributed by atoms with Crippen LogP contribution in [-0.2, 0) is 0 Å². The largest absolute Gasteiger partial charge is 0.466 e. The Bertz CT molecular complexity index is 1140. The van der Waals surface area contributed by atoms with E-state index in [0.29, 0.717) is 5.52 Å². The molecule has 136 valence electrons. The van der Waals surface area contributed by atoms with Crippen LogP contribution >= 0.6 is 12.4 Å². The number of furan rings is 1. The standard InChI is InChI=1S/C21H16N2O3.ClH/c1-13-10-17(14(2)26-13)21-12-18(15-6-4-3-5-7-15)19-11-16(23(24)25)8-9-20(19)22-21;/h3-12H,1-2H3;1H. The number of nitro benzene ring substituents is 1. The van der Waals surface area contributed by atoms with E-state index in [1.807, 2.05) is 56.3 Å². The predicted molar refractivity (Wildman–Crippen MR) is 108 cm³/mol. The highest BCUT2D eigenvalue weighted by Gasteiger charge is 2.16. The summed E-state index contributed by atoms with van der Waals surface area (Å²) in [6, 6.07) is 18.5. The minimum absolute atomic E-state index is 0.